The predicted molar refractivity (Wildman–Crippen MR) is 152 cm³/mol. The van der Waals surface area contributed by atoms with E-state index in [1.165, 1.54) is 12.0 Å². The molecule has 0 saturated carbocycles. The van der Waals surface area contributed by atoms with Crippen molar-refractivity contribution in [1.29, 1.82) is 0 Å². The minimum atomic E-state index is -0.555. The zero-order chi connectivity index (χ0) is 26.9. The van der Waals surface area contributed by atoms with Crippen molar-refractivity contribution in [1.82, 2.24) is 9.55 Å². The fraction of sp³-hybridized carbons (Fsp3) is 0.276. The third kappa shape index (κ3) is 6.54. The number of amides is 1. The maximum atomic E-state index is 13.0. The lowest BCUT2D eigenvalue weighted by molar-refractivity contribution is -0.116. The molecule has 0 bridgehead atoms. The van der Waals surface area contributed by atoms with Gasteiger partial charge in [-0.1, -0.05) is 42.5 Å². The predicted octanol–water partition coefficient (Wildman–Crippen LogP) is 5.37. The molecule has 0 aliphatic rings. The second kappa shape index (κ2) is 13.1. The summed E-state index contributed by atoms with van der Waals surface area (Å²) in [7, 11) is 2.92. The molecule has 4 rings (SSSR count). The lowest BCUT2D eigenvalue weighted by atomic mass is 10.1. The van der Waals surface area contributed by atoms with E-state index in [0.29, 0.717) is 42.8 Å². The van der Waals surface area contributed by atoms with Gasteiger partial charge in [0.1, 0.15) is 5.65 Å². The van der Waals surface area contributed by atoms with Gasteiger partial charge in [0.2, 0.25) is 5.91 Å². The second-order valence-electron chi connectivity index (χ2n) is 8.69. The number of fused-ring (bicyclic) bond motifs is 1. The average molecular weight is 533 g/mol. The van der Waals surface area contributed by atoms with E-state index in [-0.39, 0.29) is 18.0 Å². The Morgan fingerprint density at radius 1 is 1.03 bits per heavy atom. The monoisotopic (exact) mass is 532 g/mol. The van der Waals surface area contributed by atoms with E-state index in [1.807, 2.05) is 42.7 Å². The molecular formula is C29H32N4O4S. The fourth-order valence-corrected chi connectivity index (χ4v) is 4.62. The minimum absolute atomic E-state index is 0.197. The van der Waals surface area contributed by atoms with E-state index in [0.717, 1.165) is 16.8 Å². The molecule has 1 amide bonds. The molecule has 0 spiro atoms. The number of benzene rings is 2. The molecule has 0 aliphatic carbocycles. The van der Waals surface area contributed by atoms with Crippen LogP contribution in [0.15, 0.2) is 71.8 Å². The normalized spacial score (nSPS) is 10.9. The van der Waals surface area contributed by atoms with Crippen molar-refractivity contribution < 1.29 is 19.1 Å². The Hall–Kier alpha value is -3.82. The summed E-state index contributed by atoms with van der Waals surface area (Å²) in [5.74, 6) is -0.752. The molecule has 0 atom stereocenters. The average Bonchev–Trinajstić information content (AvgIpc) is 3.26. The molecular weight excluding hydrogens is 500 g/mol. The molecule has 9 heteroatoms. The summed E-state index contributed by atoms with van der Waals surface area (Å²) in [6.07, 6.45) is 4.63. The van der Waals surface area contributed by atoms with Crippen molar-refractivity contribution in [3.8, 4) is 0 Å². The van der Waals surface area contributed by atoms with Crippen LogP contribution in [0.2, 0.25) is 0 Å². The van der Waals surface area contributed by atoms with Gasteiger partial charge in [0.25, 0.3) is 0 Å². The van der Waals surface area contributed by atoms with Crippen LogP contribution in [0.25, 0.3) is 11.0 Å². The molecule has 2 heterocycles. The van der Waals surface area contributed by atoms with Crippen LogP contribution >= 0.6 is 11.8 Å². The van der Waals surface area contributed by atoms with E-state index in [4.69, 9.17) is 9.47 Å². The van der Waals surface area contributed by atoms with Crippen LogP contribution in [0, 0.1) is 0 Å². The number of thioether (sulfide) groups is 1. The fourth-order valence-electron chi connectivity index (χ4n) is 4.21. The molecule has 38 heavy (non-hydrogen) atoms. The van der Waals surface area contributed by atoms with Crippen LogP contribution in [0.3, 0.4) is 0 Å². The largest absolute Gasteiger partial charge is 0.464 e. The Balaban J connectivity index is 1.65. The van der Waals surface area contributed by atoms with Crippen molar-refractivity contribution in [2.75, 3.05) is 37.7 Å². The Bertz CT molecular complexity index is 1390. The number of carbonyl (C=O) groups is 2. The van der Waals surface area contributed by atoms with Gasteiger partial charge in [0, 0.05) is 36.9 Å². The van der Waals surface area contributed by atoms with Crippen molar-refractivity contribution >= 4 is 46.0 Å². The van der Waals surface area contributed by atoms with Crippen molar-refractivity contribution in [3.63, 3.8) is 0 Å². The van der Waals surface area contributed by atoms with Crippen LogP contribution < -0.4 is 10.6 Å². The summed E-state index contributed by atoms with van der Waals surface area (Å²) in [4.78, 5) is 31.8. The quantitative estimate of drug-likeness (QED) is 0.187. The molecule has 0 saturated heterocycles. The highest BCUT2D eigenvalue weighted by molar-refractivity contribution is 7.98. The SMILES string of the molecule is COCCn1c(C(=O)OC)c(NC(=O)CCc2ccccc2)c2cc(NCc3ccc(SC)cc3)cnc21. The third-order valence-corrected chi connectivity index (χ3v) is 6.94. The maximum absolute atomic E-state index is 13.0. The van der Waals surface area contributed by atoms with E-state index < -0.39 is 5.97 Å². The molecule has 0 radical (unpaired) electrons. The van der Waals surface area contributed by atoms with Gasteiger partial charge in [0.15, 0.2) is 5.69 Å². The number of rotatable bonds is 12. The molecule has 0 fully saturated rings. The highest BCUT2D eigenvalue weighted by Crippen LogP contribution is 2.33. The van der Waals surface area contributed by atoms with E-state index in [9.17, 15) is 9.59 Å². The van der Waals surface area contributed by atoms with Gasteiger partial charge < -0.3 is 24.7 Å². The van der Waals surface area contributed by atoms with Gasteiger partial charge >= 0.3 is 5.97 Å². The van der Waals surface area contributed by atoms with Gasteiger partial charge in [-0.2, -0.15) is 0 Å². The lowest BCUT2D eigenvalue weighted by Crippen LogP contribution is -2.18. The smallest absolute Gasteiger partial charge is 0.356 e. The van der Waals surface area contributed by atoms with Crippen molar-refractivity contribution in [3.05, 3.63) is 83.7 Å². The highest BCUT2D eigenvalue weighted by atomic mass is 32.2. The molecule has 2 aromatic heterocycles. The first kappa shape index (κ1) is 27.2. The first-order valence-electron chi connectivity index (χ1n) is 12.3. The van der Waals surface area contributed by atoms with Crippen LogP contribution in [0.5, 0.6) is 0 Å². The third-order valence-electron chi connectivity index (χ3n) is 6.20. The standard InChI is InChI=1S/C29H32N4O4S/c1-36-16-15-33-27(29(35)37-2)26(32-25(34)14-11-20-7-5-4-6-8-20)24-17-22(19-31-28(24)33)30-18-21-9-12-23(38-3)13-10-21/h4-10,12-13,17,19,30H,11,14-16,18H2,1-3H3,(H,32,34). The summed E-state index contributed by atoms with van der Waals surface area (Å²) in [5.41, 5.74) is 4.16. The number of pyridine rings is 1. The number of carbonyl (C=O) groups excluding carboxylic acids is 2. The number of esters is 1. The zero-order valence-electron chi connectivity index (χ0n) is 21.8. The number of aromatic nitrogens is 2. The Morgan fingerprint density at radius 3 is 2.47 bits per heavy atom. The Morgan fingerprint density at radius 2 is 1.79 bits per heavy atom. The molecule has 0 unspecified atom stereocenters. The topological polar surface area (TPSA) is 94.5 Å². The maximum Gasteiger partial charge on any atom is 0.356 e. The Labute approximate surface area is 226 Å². The van der Waals surface area contributed by atoms with E-state index >= 15 is 0 Å². The molecule has 2 aromatic carbocycles. The van der Waals surface area contributed by atoms with Crippen LogP contribution in [-0.2, 0) is 33.8 Å². The van der Waals surface area contributed by atoms with Crippen LogP contribution in [0.4, 0.5) is 11.4 Å². The van der Waals surface area contributed by atoms with Gasteiger partial charge in [-0.25, -0.2) is 9.78 Å². The first-order valence-corrected chi connectivity index (χ1v) is 13.6. The number of methoxy groups -OCH3 is 2. The second-order valence-corrected chi connectivity index (χ2v) is 9.57. The van der Waals surface area contributed by atoms with Gasteiger partial charge in [-0.15, -0.1) is 11.8 Å². The number of hydrogen-bond donors (Lipinski definition) is 2. The summed E-state index contributed by atoms with van der Waals surface area (Å²) >= 11 is 1.70. The highest BCUT2D eigenvalue weighted by Gasteiger charge is 2.26. The summed E-state index contributed by atoms with van der Waals surface area (Å²) in [5, 5.41) is 7.03. The van der Waals surface area contributed by atoms with E-state index in [2.05, 4.69) is 39.9 Å². The molecule has 0 aliphatic heterocycles. The van der Waals surface area contributed by atoms with Crippen molar-refractivity contribution in [2.24, 2.45) is 0 Å². The van der Waals surface area contributed by atoms with Crippen LogP contribution in [0.1, 0.15) is 28.0 Å². The number of nitrogens with zero attached hydrogens (tertiary/aromatic N) is 2. The Kier molecular flexibility index (Phi) is 9.40. The summed E-state index contributed by atoms with van der Waals surface area (Å²) in [6, 6.07) is 20.1. The number of nitrogens with one attached hydrogen (secondary N) is 2. The van der Waals surface area contributed by atoms with Gasteiger partial charge in [-0.3, -0.25) is 4.79 Å². The van der Waals surface area contributed by atoms with Crippen LogP contribution in [-0.4, -0.2) is 48.5 Å². The first-order chi connectivity index (χ1) is 18.5. The molecule has 198 valence electrons. The number of aryl methyl sites for hydroxylation is 1. The summed E-state index contributed by atoms with van der Waals surface area (Å²) in [6.45, 7) is 1.34. The number of anilines is 2. The molecule has 8 nitrogen and oxygen atoms in total. The number of hydrogen-bond acceptors (Lipinski definition) is 7. The molecule has 2 N–H and O–H groups in total. The summed E-state index contributed by atoms with van der Waals surface area (Å²) < 4.78 is 12.1. The molecule has 4 aromatic rings. The van der Waals surface area contributed by atoms with Gasteiger partial charge in [-0.05, 0) is 42.0 Å². The minimum Gasteiger partial charge on any atom is -0.464 e. The number of ether oxygens (including phenoxy) is 2. The van der Waals surface area contributed by atoms with Gasteiger partial charge in [0.05, 0.1) is 31.3 Å². The van der Waals surface area contributed by atoms with Crippen molar-refractivity contribution in [2.45, 2.75) is 30.8 Å². The zero-order valence-corrected chi connectivity index (χ0v) is 22.6. The lowest BCUT2D eigenvalue weighted by Gasteiger charge is -2.10. The van der Waals surface area contributed by atoms with E-state index in [1.54, 1.807) is 29.6 Å².